The number of nitrogens with zero attached hydrogens (tertiary/aromatic N) is 1. The van der Waals surface area contributed by atoms with E-state index in [0.717, 1.165) is 24.3 Å². The normalized spacial score (nSPS) is 11.7. The lowest BCUT2D eigenvalue weighted by Crippen LogP contribution is -2.08. The smallest absolute Gasteiger partial charge is 0.318 e. The Morgan fingerprint density at radius 1 is 1.50 bits per heavy atom. The summed E-state index contributed by atoms with van der Waals surface area (Å²) in [6.45, 7) is 0. The fourth-order valence-electron chi connectivity index (χ4n) is 0.941. The van der Waals surface area contributed by atoms with Crippen molar-refractivity contribution in [1.29, 1.82) is 0 Å². The van der Waals surface area contributed by atoms with E-state index >= 15 is 0 Å². The molecule has 0 aromatic carbocycles. The third-order valence-corrected chi connectivity index (χ3v) is 2.21. The minimum Gasteiger partial charge on any atom is -0.318 e. The van der Waals surface area contributed by atoms with Gasteiger partial charge in [-0.15, -0.1) is 0 Å². The summed E-state index contributed by atoms with van der Waals surface area (Å²) >= 11 is 0.951. The summed E-state index contributed by atoms with van der Waals surface area (Å²) in [4.78, 5) is 3.64. The zero-order valence-corrected chi connectivity index (χ0v) is 8.15. The van der Waals surface area contributed by atoms with Gasteiger partial charge in [0.1, 0.15) is 0 Å². The second-order valence-corrected chi connectivity index (χ2v) is 3.32. The van der Waals surface area contributed by atoms with E-state index in [1.807, 2.05) is 0 Å². The average Bonchev–Trinajstić information content (AvgIpc) is 2.14. The first kappa shape index (κ1) is 11.3. The average molecular weight is 223 g/mol. The lowest BCUT2D eigenvalue weighted by atomic mass is 10.1. The van der Waals surface area contributed by atoms with Crippen LogP contribution in [0.2, 0.25) is 0 Å². The van der Waals surface area contributed by atoms with Gasteiger partial charge in [0.15, 0.2) is 0 Å². The van der Waals surface area contributed by atoms with Gasteiger partial charge < -0.3 is 4.18 Å². The maximum atomic E-state index is 12.4. The van der Waals surface area contributed by atoms with E-state index in [1.54, 1.807) is 0 Å². The van der Waals surface area contributed by atoms with Crippen LogP contribution in [0.15, 0.2) is 18.5 Å². The van der Waals surface area contributed by atoms with E-state index < -0.39 is 11.7 Å². The Labute approximate surface area is 83.7 Å². The molecule has 14 heavy (non-hydrogen) atoms. The Morgan fingerprint density at radius 2 is 2.21 bits per heavy atom. The maximum absolute atomic E-state index is 12.4. The minimum absolute atomic E-state index is 0.131. The van der Waals surface area contributed by atoms with Gasteiger partial charge in [0.05, 0.1) is 12.7 Å². The Bertz CT molecular complexity index is 303. The van der Waals surface area contributed by atoms with E-state index in [-0.39, 0.29) is 11.3 Å². The SMILES string of the molecule is COSCc1cnccc1C(F)(F)F. The summed E-state index contributed by atoms with van der Waals surface area (Å²) in [5.74, 6) is 0.138. The summed E-state index contributed by atoms with van der Waals surface area (Å²) in [6, 6.07) is 0.964. The van der Waals surface area contributed by atoms with Gasteiger partial charge in [-0.1, -0.05) is 0 Å². The van der Waals surface area contributed by atoms with Gasteiger partial charge >= 0.3 is 6.18 Å². The van der Waals surface area contributed by atoms with E-state index in [0.29, 0.717) is 0 Å². The number of halogens is 3. The fourth-order valence-corrected chi connectivity index (χ4v) is 1.42. The molecule has 0 aliphatic carbocycles. The molecule has 78 valence electrons. The molecule has 0 radical (unpaired) electrons. The van der Waals surface area contributed by atoms with Crippen LogP contribution in [0.25, 0.3) is 0 Å². The van der Waals surface area contributed by atoms with Crippen molar-refractivity contribution >= 4 is 12.0 Å². The fraction of sp³-hybridized carbons (Fsp3) is 0.375. The highest BCUT2D eigenvalue weighted by Crippen LogP contribution is 2.32. The van der Waals surface area contributed by atoms with Crippen molar-refractivity contribution in [2.45, 2.75) is 11.9 Å². The first-order valence-corrected chi connectivity index (χ1v) is 4.62. The van der Waals surface area contributed by atoms with Gasteiger partial charge in [-0.3, -0.25) is 4.98 Å². The largest absolute Gasteiger partial charge is 0.416 e. The first-order valence-electron chi connectivity index (χ1n) is 3.71. The summed E-state index contributed by atoms with van der Waals surface area (Å²) in [5, 5.41) is 0. The molecule has 2 nitrogen and oxygen atoms in total. The van der Waals surface area contributed by atoms with Gasteiger partial charge in [0.2, 0.25) is 0 Å². The van der Waals surface area contributed by atoms with Crippen molar-refractivity contribution in [3.63, 3.8) is 0 Å². The molecular formula is C8H8F3NOS. The predicted molar refractivity (Wildman–Crippen MR) is 47.5 cm³/mol. The molecular weight excluding hydrogens is 215 g/mol. The number of rotatable bonds is 3. The second kappa shape index (κ2) is 4.65. The van der Waals surface area contributed by atoms with Crippen LogP contribution >= 0.6 is 12.0 Å². The van der Waals surface area contributed by atoms with E-state index in [4.69, 9.17) is 0 Å². The molecule has 0 spiro atoms. The molecule has 0 N–H and O–H groups in total. The van der Waals surface area contributed by atoms with Crippen LogP contribution in [-0.4, -0.2) is 12.1 Å². The monoisotopic (exact) mass is 223 g/mol. The highest BCUT2D eigenvalue weighted by molar-refractivity contribution is 7.93. The summed E-state index contributed by atoms with van der Waals surface area (Å²) in [7, 11) is 1.41. The predicted octanol–water partition coefficient (Wildman–Crippen LogP) is 2.90. The molecule has 0 aliphatic rings. The second-order valence-electron chi connectivity index (χ2n) is 2.46. The number of alkyl halides is 3. The Hall–Kier alpha value is -0.750. The molecule has 1 rings (SSSR count). The lowest BCUT2D eigenvalue weighted by Gasteiger charge is -2.10. The maximum Gasteiger partial charge on any atom is 0.416 e. The lowest BCUT2D eigenvalue weighted by molar-refractivity contribution is -0.138. The zero-order chi connectivity index (χ0) is 10.6. The quantitative estimate of drug-likeness (QED) is 0.735. The molecule has 0 bridgehead atoms. The highest BCUT2D eigenvalue weighted by atomic mass is 32.2. The van der Waals surface area contributed by atoms with Crippen LogP contribution in [0.3, 0.4) is 0 Å². The third-order valence-electron chi connectivity index (χ3n) is 1.54. The van der Waals surface area contributed by atoms with Gasteiger partial charge in [0.25, 0.3) is 0 Å². The summed E-state index contributed by atoms with van der Waals surface area (Å²) in [6.07, 6.45) is -1.99. The topological polar surface area (TPSA) is 22.1 Å². The van der Waals surface area contributed by atoms with Gasteiger partial charge in [-0.05, 0) is 23.7 Å². The van der Waals surface area contributed by atoms with Crippen LogP contribution in [0.4, 0.5) is 13.2 Å². The molecule has 6 heteroatoms. The van der Waals surface area contributed by atoms with Gasteiger partial charge in [-0.25, -0.2) is 0 Å². The van der Waals surface area contributed by atoms with Gasteiger partial charge in [-0.2, -0.15) is 13.2 Å². The van der Waals surface area contributed by atoms with E-state index in [9.17, 15) is 13.2 Å². The standard InChI is InChI=1S/C8H8F3NOS/c1-13-14-5-6-4-12-3-2-7(6)8(9,10)11/h2-4H,5H2,1H3. The van der Waals surface area contributed by atoms with Crippen molar-refractivity contribution in [3.8, 4) is 0 Å². The summed E-state index contributed by atoms with van der Waals surface area (Å²) in [5.41, 5.74) is -0.524. The molecule has 0 aliphatic heterocycles. The molecule has 1 heterocycles. The van der Waals surface area contributed by atoms with Crippen molar-refractivity contribution in [2.24, 2.45) is 0 Å². The first-order chi connectivity index (χ1) is 6.55. The van der Waals surface area contributed by atoms with Crippen LogP contribution in [0.1, 0.15) is 11.1 Å². The van der Waals surface area contributed by atoms with E-state index in [2.05, 4.69) is 9.17 Å². The highest BCUT2D eigenvalue weighted by Gasteiger charge is 2.33. The Balaban J connectivity index is 2.92. The molecule has 0 fully saturated rings. The molecule has 0 unspecified atom stereocenters. The number of aromatic nitrogens is 1. The van der Waals surface area contributed by atoms with Crippen molar-refractivity contribution in [1.82, 2.24) is 4.98 Å². The zero-order valence-electron chi connectivity index (χ0n) is 7.34. The van der Waals surface area contributed by atoms with Crippen LogP contribution < -0.4 is 0 Å². The van der Waals surface area contributed by atoms with E-state index in [1.165, 1.54) is 13.3 Å². The molecule has 0 saturated heterocycles. The summed E-state index contributed by atoms with van der Waals surface area (Å²) < 4.78 is 41.8. The number of hydrogen-bond acceptors (Lipinski definition) is 3. The molecule has 0 amide bonds. The minimum atomic E-state index is -4.33. The van der Waals surface area contributed by atoms with Crippen LogP contribution in [-0.2, 0) is 16.1 Å². The number of pyridine rings is 1. The van der Waals surface area contributed by atoms with Crippen molar-refractivity contribution < 1.29 is 17.4 Å². The van der Waals surface area contributed by atoms with Crippen LogP contribution in [0.5, 0.6) is 0 Å². The van der Waals surface area contributed by atoms with Crippen molar-refractivity contribution in [3.05, 3.63) is 29.6 Å². The van der Waals surface area contributed by atoms with Crippen LogP contribution in [0, 0.1) is 0 Å². The molecule has 0 atom stereocenters. The molecule has 1 aromatic heterocycles. The Kier molecular flexibility index (Phi) is 3.77. The van der Waals surface area contributed by atoms with Gasteiger partial charge in [0, 0.05) is 18.1 Å². The van der Waals surface area contributed by atoms with Crippen molar-refractivity contribution in [2.75, 3.05) is 7.11 Å². The Morgan fingerprint density at radius 3 is 2.79 bits per heavy atom. The molecule has 1 aromatic rings. The molecule has 0 saturated carbocycles. The number of hydrogen-bond donors (Lipinski definition) is 0. The third kappa shape index (κ3) is 2.88.